The third-order valence-corrected chi connectivity index (χ3v) is 1.65. The van der Waals surface area contributed by atoms with Crippen LogP contribution in [0.5, 0.6) is 0 Å². The van der Waals surface area contributed by atoms with Crippen molar-refractivity contribution in [1.82, 2.24) is 4.98 Å². The number of halogens is 3. The van der Waals surface area contributed by atoms with Crippen LogP contribution in [0.15, 0.2) is 6.07 Å². The van der Waals surface area contributed by atoms with E-state index < -0.39 is 17.9 Å². The predicted molar refractivity (Wildman–Crippen MR) is 41.8 cm³/mol. The number of hydrogen-bond donors (Lipinski definition) is 1. The van der Waals surface area contributed by atoms with Gasteiger partial charge in [-0.15, -0.1) is 0 Å². The molecule has 0 radical (unpaired) electrons. The molecule has 1 rings (SSSR count). The van der Waals surface area contributed by atoms with Gasteiger partial charge < -0.3 is 5.73 Å². The molecular formula is C8H6F3N3. The highest BCUT2D eigenvalue weighted by atomic mass is 19.3. The first-order chi connectivity index (χ1) is 6.60. The van der Waals surface area contributed by atoms with Crippen molar-refractivity contribution in [3.8, 4) is 6.07 Å². The molecule has 0 atom stereocenters. The molecule has 0 aromatic carbocycles. The van der Waals surface area contributed by atoms with Gasteiger partial charge in [0.15, 0.2) is 0 Å². The maximum atomic E-state index is 12.9. The van der Waals surface area contributed by atoms with E-state index in [1.807, 2.05) is 0 Å². The number of nitrogens with two attached hydrogens (primary N) is 1. The smallest absolute Gasteiger partial charge is 0.268 e. The molecule has 1 heterocycles. The Labute approximate surface area is 78.0 Å². The van der Waals surface area contributed by atoms with E-state index in [1.165, 1.54) is 0 Å². The normalized spacial score (nSPS) is 10.3. The summed E-state index contributed by atoms with van der Waals surface area (Å²) < 4.78 is 37.5. The fraction of sp³-hybridized carbons (Fsp3) is 0.250. The minimum Gasteiger partial charge on any atom is -0.326 e. The van der Waals surface area contributed by atoms with E-state index in [4.69, 9.17) is 11.0 Å². The second kappa shape index (κ2) is 4.07. The highest BCUT2D eigenvalue weighted by molar-refractivity contribution is 5.33. The van der Waals surface area contributed by atoms with Crippen LogP contribution in [-0.4, -0.2) is 4.98 Å². The van der Waals surface area contributed by atoms with Gasteiger partial charge in [0.05, 0.1) is 5.56 Å². The Morgan fingerprint density at radius 2 is 2.21 bits per heavy atom. The summed E-state index contributed by atoms with van der Waals surface area (Å²) >= 11 is 0. The summed E-state index contributed by atoms with van der Waals surface area (Å²) in [5.41, 5.74) is 3.97. The van der Waals surface area contributed by atoms with Crippen molar-refractivity contribution in [2.24, 2.45) is 5.73 Å². The zero-order valence-electron chi connectivity index (χ0n) is 6.97. The maximum Gasteiger partial charge on any atom is 0.268 e. The highest BCUT2D eigenvalue weighted by Gasteiger charge is 2.19. The van der Waals surface area contributed by atoms with Crippen LogP contribution in [0.4, 0.5) is 13.2 Å². The molecule has 0 saturated carbocycles. The molecule has 0 fully saturated rings. The van der Waals surface area contributed by atoms with Gasteiger partial charge in [-0.05, 0) is 11.6 Å². The first-order valence-electron chi connectivity index (χ1n) is 3.67. The maximum absolute atomic E-state index is 12.9. The lowest BCUT2D eigenvalue weighted by Gasteiger charge is -2.07. The number of hydrogen-bond acceptors (Lipinski definition) is 3. The highest BCUT2D eigenvalue weighted by Crippen LogP contribution is 2.25. The van der Waals surface area contributed by atoms with Gasteiger partial charge in [-0.1, -0.05) is 0 Å². The van der Waals surface area contributed by atoms with Gasteiger partial charge in [0.1, 0.15) is 11.8 Å². The van der Waals surface area contributed by atoms with Crippen LogP contribution in [0, 0.1) is 17.3 Å². The number of aromatic nitrogens is 1. The van der Waals surface area contributed by atoms with Crippen LogP contribution in [0.25, 0.3) is 0 Å². The molecule has 14 heavy (non-hydrogen) atoms. The topological polar surface area (TPSA) is 62.7 Å². The van der Waals surface area contributed by atoms with Gasteiger partial charge in [0.2, 0.25) is 5.95 Å². The van der Waals surface area contributed by atoms with Crippen molar-refractivity contribution < 1.29 is 13.2 Å². The van der Waals surface area contributed by atoms with Crippen LogP contribution >= 0.6 is 0 Å². The Bertz CT molecular complexity index is 384. The second-order valence-electron chi connectivity index (χ2n) is 2.49. The molecule has 0 unspecified atom stereocenters. The molecule has 0 aliphatic carbocycles. The van der Waals surface area contributed by atoms with Gasteiger partial charge in [-0.25, -0.2) is 13.8 Å². The Morgan fingerprint density at radius 3 is 2.64 bits per heavy atom. The van der Waals surface area contributed by atoms with E-state index in [0.717, 1.165) is 6.07 Å². The average molecular weight is 201 g/mol. The van der Waals surface area contributed by atoms with Crippen molar-refractivity contribution in [2.45, 2.75) is 13.0 Å². The lowest BCUT2D eigenvalue weighted by molar-refractivity contribution is 0.144. The van der Waals surface area contributed by atoms with Crippen molar-refractivity contribution in [3.05, 3.63) is 28.8 Å². The molecular weight excluding hydrogens is 195 g/mol. The van der Waals surface area contributed by atoms with Gasteiger partial charge >= 0.3 is 0 Å². The van der Waals surface area contributed by atoms with E-state index in [1.54, 1.807) is 6.07 Å². The summed E-state index contributed by atoms with van der Waals surface area (Å²) in [6.45, 7) is -0.256. The van der Waals surface area contributed by atoms with E-state index in [0.29, 0.717) is 0 Å². The van der Waals surface area contributed by atoms with Gasteiger partial charge in [0.25, 0.3) is 6.43 Å². The summed E-state index contributed by atoms with van der Waals surface area (Å²) in [5.74, 6) is -1.33. The molecule has 0 aliphatic rings. The SMILES string of the molecule is N#Cc1cc(CN)c(C(F)F)c(F)n1. The van der Waals surface area contributed by atoms with E-state index in [2.05, 4.69) is 4.98 Å². The Balaban J connectivity index is 3.36. The first kappa shape index (κ1) is 10.5. The standard InChI is InChI=1S/C8H6F3N3/c9-7(10)6-4(2-12)1-5(3-13)14-8(6)11/h1,7H,2,12H2. The van der Waals surface area contributed by atoms with Crippen LogP contribution in [0.2, 0.25) is 0 Å². The van der Waals surface area contributed by atoms with Crippen LogP contribution in [-0.2, 0) is 6.54 Å². The molecule has 6 heteroatoms. The Kier molecular flexibility index (Phi) is 3.04. The number of pyridine rings is 1. The van der Waals surface area contributed by atoms with E-state index >= 15 is 0 Å². The van der Waals surface area contributed by atoms with Gasteiger partial charge in [-0.2, -0.15) is 9.65 Å². The molecule has 0 saturated heterocycles. The van der Waals surface area contributed by atoms with Crippen molar-refractivity contribution >= 4 is 0 Å². The van der Waals surface area contributed by atoms with Gasteiger partial charge in [0, 0.05) is 6.54 Å². The third-order valence-electron chi connectivity index (χ3n) is 1.65. The number of rotatable bonds is 2. The first-order valence-corrected chi connectivity index (χ1v) is 3.67. The van der Waals surface area contributed by atoms with Crippen LogP contribution < -0.4 is 5.73 Å². The number of nitriles is 1. The van der Waals surface area contributed by atoms with Gasteiger partial charge in [-0.3, -0.25) is 0 Å². The van der Waals surface area contributed by atoms with Crippen molar-refractivity contribution in [2.75, 3.05) is 0 Å². The fourth-order valence-corrected chi connectivity index (χ4v) is 1.03. The Morgan fingerprint density at radius 1 is 1.57 bits per heavy atom. The van der Waals surface area contributed by atoms with E-state index in [9.17, 15) is 13.2 Å². The number of alkyl halides is 2. The fourth-order valence-electron chi connectivity index (χ4n) is 1.03. The lowest BCUT2D eigenvalue weighted by atomic mass is 10.1. The minimum atomic E-state index is -2.98. The summed E-state index contributed by atoms with van der Waals surface area (Å²) in [4.78, 5) is 3.06. The van der Waals surface area contributed by atoms with Crippen LogP contribution in [0.1, 0.15) is 23.2 Å². The molecule has 0 spiro atoms. The molecule has 0 amide bonds. The number of nitrogens with zero attached hydrogens (tertiary/aromatic N) is 2. The summed E-state index contributed by atoms with van der Waals surface area (Å²) in [6, 6.07) is 2.62. The lowest BCUT2D eigenvalue weighted by Crippen LogP contribution is -2.07. The summed E-state index contributed by atoms with van der Waals surface area (Å²) in [7, 11) is 0. The molecule has 0 bridgehead atoms. The quantitative estimate of drug-likeness (QED) is 0.737. The minimum absolute atomic E-state index is 0.0935. The molecule has 3 nitrogen and oxygen atoms in total. The Hall–Kier alpha value is -1.61. The summed E-state index contributed by atoms with van der Waals surface area (Å²) in [6.07, 6.45) is -2.98. The largest absolute Gasteiger partial charge is 0.326 e. The molecule has 2 N–H and O–H groups in total. The molecule has 1 aromatic rings. The van der Waals surface area contributed by atoms with E-state index in [-0.39, 0.29) is 17.8 Å². The summed E-state index contributed by atoms with van der Waals surface area (Å²) in [5, 5.41) is 8.40. The van der Waals surface area contributed by atoms with Crippen molar-refractivity contribution in [3.63, 3.8) is 0 Å². The molecule has 1 aromatic heterocycles. The molecule has 0 aliphatic heterocycles. The zero-order chi connectivity index (χ0) is 10.7. The average Bonchev–Trinajstić information content (AvgIpc) is 2.15. The third kappa shape index (κ3) is 1.83. The van der Waals surface area contributed by atoms with Crippen molar-refractivity contribution in [1.29, 1.82) is 5.26 Å². The zero-order valence-corrected chi connectivity index (χ0v) is 6.97. The molecule has 74 valence electrons. The monoisotopic (exact) mass is 201 g/mol. The predicted octanol–water partition coefficient (Wildman–Crippen LogP) is 1.49. The second-order valence-corrected chi connectivity index (χ2v) is 2.49. The van der Waals surface area contributed by atoms with Crippen LogP contribution in [0.3, 0.4) is 0 Å².